The lowest BCUT2D eigenvalue weighted by molar-refractivity contribution is 0.0698. The average Bonchev–Trinajstić information content (AvgIpc) is 2.16. The van der Waals surface area contributed by atoms with E-state index in [2.05, 4.69) is 0 Å². The molecule has 0 radical (unpaired) electrons. The summed E-state index contributed by atoms with van der Waals surface area (Å²) < 4.78 is 0. The van der Waals surface area contributed by atoms with Crippen molar-refractivity contribution in [1.82, 2.24) is 0 Å². The Kier molecular flexibility index (Phi) is 3.36. The standard InChI is InChI=1S/C10H12ClNO2/c1-2-6-3-4-7(10(13)14)9(12)8(6)5-11/h3-4H,2,5,12H2,1H3,(H,13,14). The Balaban J connectivity index is 3.34. The molecule has 0 aliphatic heterocycles. The Labute approximate surface area is 87.5 Å². The summed E-state index contributed by atoms with van der Waals surface area (Å²) in [6.45, 7) is 1.98. The first-order valence-electron chi connectivity index (χ1n) is 4.31. The molecule has 1 rings (SSSR count). The lowest BCUT2D eigenvalue weighted by Crippen LogP contribution is -2.07. The van der Waals surface area contributed by atoms with Gasteiger partial charge < -0.3 is 10.8 Å². The van der Waals surface area contributed by atoms with Gasteiger partial charge in [-0.3, -0.25) is 0 Å². The minimum atomic E-state index is -1.02. The van der Waals surface area contributed by atoms with Gasteiger partial charge in [0.25, 0.3) is 0 Å². The molecule has 0 spiro atoms. The number of hydrogen-bond donors (Lipinski definition) is 2. The van der Waals surface area contributed by atoms with Crippen LogP contribution in [-0.4, -0.2) is 11.1 Å². The molecule has 76 valence electrons. The maximum Gasteiger partial charge on any atom is 0.337 e. The van der Waals surface area contributed by atoms with E-state index < -0.39 is 5.97 Å². The predicted molar refractivity (Wildman–Crippen MR) is 56.7 cm³/mol. The predicted octanol–water partition coefficient (Wildman–Crippen LogP) is 2.27. The first kappa shape index (κ1) is 10.9. The molecule has 0 amide bonds. The maximum atomic E-state index is 10.8. The fraction of sp³-hybridized carbons (Fsp3) is 0.300. The van der Waals surface area contributed by atoms with Crippen molar-refractivity contribution in [2.75, 3.05) is 5.73 Å². The number of carbonyl (C=O) groups is 1. The van der Waals surface area contributed by atoms with Crippen molar-refractivity contribution in [3.63, 3.8) is 0 Å². The van der Waals surface area contributed by atoms with Gasteiger partial charge in [0.1, 0.15) is 0 Å². The highest BCUT2D eigenvalue weighted by Gasteiger charge is 2.13. The Bertz CT molecular complexity index is 363. The van der Waals surface area contributed by atoms with Crippen LogP contribution in [0.4, 0.5) is 5.69 Å². The van der Waals surface area contributed by atoms with Gasteiger partial charge in [-0.15, -0.1) is 11.6 Å². The molecular weight excluding hydrogens is 202 g/mol. The number of carboxylic acids is 1. The van der Waals surface area contributed by atoms with Crippen molar-refractivity contribution in [3.05, 3.63) is 28.8 Å². The van der Waals surface area contributed by atoms with Crippen LogP contribution in [0.5, 0.6) is 0 Å². The molecule has 0 saturated heterocycles. The number of hydrogen-bond acceptors (Lipinski definition) is 2. The second kappa shape index (κ2) is 4.33. The summed E-state index contributed by atoms with van der Waals surface area (Å²) in [6.07, 6.45) is 0.798. The van der Waals surface area contributed by atoms with Crippen LogP contribution in [0, 0.1) is 0 Å². The monoisotopic (exact) mass is 213 g/mol. The summed E-state index contributed by atoms with van der Waals surface area (Å²) >= 11 is 5.72. The average molecular weight is 214 g/mol. The molecule has 0 saturated carbocycles. The molecule has 0 bridgehead atoms. The zero-order chi connectivity index (χ0) is 10.7. The van der Waals surface area contributed by atoms with E-state index in [4.69, 9.17) is 22.4 Å². The SMILES string of the molecule is CCc1ccc(C(=O)O)c(N)c1CCl. The third-order valence-corrected chi connectivity index (χ3v) is 2.47. The number of nitrogens with two attached hydrogens (primary N) is 1. The van der Waals surface area contributed by atoms with E-state index in [1.165, 1.54) is 6.07 Å². The summed E-state index contributed by atoms with van der Waals surface area (Å²) in [5.41, 5.74) is 7.85. The van der Waals surface area contributed by atoms with Crippen LogP contribution >= 0.6 is 11.6 Å². The molecule has 0 fully saturated rings. The van der Waals surface area contributed by atoms with Crippen LogP contribution in [-0.2, 0) is 12.3 Å². The van der Waals surface area contributed by atoms with Crippen molar-refractivity contribution >= 4 is 23.3 Å². The van der Waals surface area contributed by atoms with Gasteiger partial charge in [0, 0.05) is 5.88 Å². The minimum absolute atomic E-state index is 0.123. The third kappa shape index (κ3) is 1.82. The Morgan fingerprint density at radius 2 is 2.21 bits per heavy atom. The number of anilines is 1. The van der Waals surface area contributed by atoms with Crippen LogP contribution in [0.15, 0.2) is 12.1 Å². The van der Waals surface area contributed by atoms with Crippen molar-refractivity contribution in [1.29, 1.82) is 0 Å². The van der Waals surface area contributed by atoms with Gasteiger partial charge in [0.05, 0.1) is 11.3 Å². The van der Waals surface area contributed by atoms with Crippen LogP contribution in [0.25, 0.3) is 0 Å². The molecule has 4 heteroatoms. The summed E-state index contributed by atoms with van der Waals surface area (Å²) in [4.78, 5) is 10.8. The largest absolute Gasteiger partial charge is 0.478 e. The van der Waals surface area contributed by atoms with Crippen molar-refractivity contribution < 1.29 is 9.90 Å². The zero-order valence-corrected chi connectivity index (χ0v) is 8.64. The first-order chi connectivity index (χ1) is 6.61. The van der Waals surface area contributed by atoms with E-state index in [-0.39, 0.29) is 17.1 Å². The van der Waals surface area contributed by atoms with Crippen molar-refractivity contribution in [3.8, 4) is 0 Å². The molecule has 1 aromatic rings. The van der Waals surface area contributed by atoms with Crippen LogP contribution in [0.3, 0.4) is 0 Å². The molecule has 0 aliphatic carbocycles. The second-order valence-corrected chi connectivity index (χ2v) is 3.22. The van der Waals surface area contributed by atoms with E-state index in [9.17, 15) is 4.79 Å². The Morgan fingerprint density at radius 3 is 2.64 bits per heavy atom. The topological polar surface area (TPSA) is 63.3 Å². The molecule has 14 heavy (non-hydrogen) atoms. The van der Waals surface area contributed by atoms with Gasteiger partial charge in [-0.2, -0.15) is 0 Å². The van der Waals surface area contributed by atoms with E-state index in [0.29, 0.717) is 0 Å². The molecular formula is C10H12ClNO2. The van der Waals surface area contributed by atoms with Crippen molar-refractivity contribution in [2.45, 2.75) is 19.2 Å². The fourth-order valence-corrected chi connectivity index (χ4v) is 1.70. The van der Waals surface area contributed by atoms with Crippen LogP contribution in [0.2, 0.25) is 0 Å². The van der Waals surface area contributed by atoms with E-state index >= 15 is 0 Å². The molecule has 0 atom stereocenters. The number of carboxylic acid groups (broad SMARTS) is 1. The number of aryl methyl sites for hydroxylation is 1. The lowest BCUT2D eigenvalue weighted by Gasteiger charge is -2.10. The Morgan fingerprint density at radius 1 is 1.57 bits per heavy atom. The fourth-order valence-electron chi connectivity index (χ4n) is 1.39. The highest BCUT2D eigenvalue weighted by Crippen LogP contribution is 2.24. The van der Waals surface area contributed by atoms with Gasteiger partial charge in [0.15, 0.2) is 0 Å². The number of aromatic carboxylic acids is 1. The highest BCUT2D eigenvalue weighted by atomic mass is 35.5. The van der Waals surface area contributed by atoms with E-state index in [1.807, 2.05) is 6.92 Å². The Hall–Kier alpha value is -1.22. The first-order valence-corrected chi connectivity index (χ1v) is 4.84. The molecule has 0 heterocycles. The van der Waals surface area contributed by atoms with Gasteiger partial charge in [-0.05, 0) is 23.6 Å². The van der Waals surface area contributed by atoms with Gasteiger partial charge in [-0.25, -0.2) is 4.79 Å². The molecule has 3 N–H and O–H groups in total. The van der Waals surface area contributed by atoms with Crippen LogP contribution < -0.4 is 5.73 Å². The highest BCUT2D eigenvalue weighted by molar-refractivity contribution is 6.17. The summed E-state index contributed by atoms with van der Waals surface area (Å²) in [5.74, 6) is -0.771. The number of halogens is 1. The minimum Gasteiger partial charge on any atom is -0.478 e. The molecule has 0 aromatic heterocycles. The summed E-state index contributed by atoms with van der Waals surface area (Å²) in [5, 5.41) is 8.83. The van der Waals surface area contributed by atoms with E-state index in [0.717, 1.165) is 17.5 Å². The number of nitrogen functional groups attached to an aromatic ring is 1. The van der Waals surface area contributed by atoms with Crippen LogP contribution in [0.1, 0.15) is 28.4 Å². The molecule has 0 unspecified atom stereocenters. The maximum absolute atomic E-state index is 10.8. The van der Waals surface area contributed by atoms with Gasteiger partial charge in [0.2, 0.25) is 0 Å². The quantitative estimate of drug-likeness (QED) is 0.598. The summed E-state index contributed by atoms with van der Waals surface area (Å²) in [7, 11) is 0. The van der Waals surface area contributed by atoms with Gasteiger partial charge in [-0.1, -0.05) is 13.0 Å². The molecule has 3 nitrogen and oxygen atoms in total. The third-order valence-electron chi connectivity index (χ3n) is 2.20. The number of rotatable bonds is 3. The smallest absolute Gasteiger partial charge is 0.337 e. The lowest BCUT2D eigenvalue weighted by atomic mass is 10.0. The second-order valence-electron chi connectivity index (χ2n) is 2.96. The number of benzene rings is 1. The van der Waals surface area contributed by atoms with E-state index in [1.54, 1.807) is 6.07 Å². The number of alkyl halides is 1. The normalized spacial score (nSPS) is 10.1. The van der Waals surface area contributed by atoms with Gasteiger partial charge >= 0.3 is 5.97 Å². The molecule has 0 aliphatic rings. The van der Waals surface area contributed by atoms with Crippen molar-refractivity contribution in [2.24, 2.45) is 0 Å². The molecule has 1 aromatic carbocycles. The summed E-state index contributed by atoms with van der Waals surface area (Å²) in [6, 6.07) is 3.28. The zero-order valence-electron chi connectivity index (χ0n) is 7.88.